The van der Waals surface area contributed by atoms with E-state index in [9.17, 15) is 14.4 Å². The summed E-state index contributed by atoms with van der Waals surface area (Å²) in [6.45, 7) is 4.42. The number of hydrogen-bond acceptors (Lipinski definition) is 5. The topological polar surface area (TPSA) is 104 Å². The van der Waals surface area contributed by atoms with E-state index in [0.29, 0.717) is 6.54 Å². The van der Waals surface area contributed by atoms with E-state index in [1.54, 1.807) is 11.9 Å². The van der Waals surface area contributed by atoms with Crippen molar-refractivity contribution in [1.82, 2.24) is 9.55 Å². The van der Waals surface area contributed by atoms with Crippen LogP contribution < -0.4 is 26.8 Å². The second-order valence-corrected chi connectivity index (χ2v) is 7.30. The summed E-state index contributed by atoms with van der Waals surface area (Å²) < 4.78 is 1.36. The van der Waals surface area contributed by atoms with Gasteiger partial charge in [-0.3, -0.25) is 19.1 Å². The van der Waals surface area contributed by atoms with Crippen molar-refractivity contribution in [3.8, 4) is 0 Å². The molecule has 0 bridgehead atoms. The van der Waals surface area contributed by atoms with E-state index in [-0.39, 0.29) is 30.0 Å². The van der Waals surface area contributed by atoms with Crippen molar-refractivity contribution in [2.45, 2.75) is 45.7 Å². The first-order valence-corrected chi connectivity index (χ1v) is 9.58. The second-order valence-electron chi connectivity index (χ2n) is 7.30. The standard InChI is InChI=1S/C20H27N5O3/c1-4-5-10-24-18(21)17(19(27)22-20(24)28)23(3)12-16(26)25-13(2)11-14-8-6-7-9-15(14)25/h6-9,13H,4-5,10-12,21H2,1-3H3,(H,22,27,28)/t13-/m1/s1. The zero-order chi connectivity index (χ0) is 20.4. The molecule has 0 saturated carbocycles. The third kappa shape index (κ3) is 3.54. The molecule has 1 amide bonds. The molecule has 0 radical (unpaired) electrons. The molecule has 0 spiro atoms. The number of nitrogens with zero attached hydrogens (tertiary/aromatic N) is 3. The van der Waals surface area contributed by atoms with Crippen molar-refractivity contribution in [3.63, 3.8) is 0 Å². The second kappa shape index (κ2) is 7.92. The lowest BCUT2D eigenvalue weighted by Gasteiger charge is -2.27. The molecule has 2 aromatic rings. The minimum absolute atomic E-state index is 0.0159. The van der Waals surface area contributed by atoms with Gasteiger partial charge in [0.15, 0.2) is 0 Å². The molecule has 1 aliphatic heterocycles. The number of nitrogen functional groups attached to an aromatic ring is 1. The molecule has 8 nitrogen and oxygen atoms in total. The summed E-state index contributed by atoms with van der Waals surface area (Å²) in [7, 11) is 1.64. The van der Waals surface area contributed by atoms with Crippen molar-refractivity contribution in [3.05, 3.63) is 50.7 Å². The van der Waals surface area contributed by atoms with Gasteiger partial charge in [-0.25, -0.2) is 4.79 Å². The normalized spacial score (nSPS) is 15.5. The highest BCUT2D eigenvalue weighted by molar-refractivity contribution is 5.99. The highest BCUT2D eigenvalue weighted by Crippen LogP contribution is 2.32. The third-order valence-electron chi connectivity index (χ3n) is 5.18. The molecule has 8 heteroatoms. The third-order valence-corrected chi connectivity index (χ3v) is 5.18. The molecule has 3 N–H and O–H groups in total. The van der Waals surface area contributed by atoms with E-state index in [1.807, 2.05) is 38.1 Å². The first kappa shape index (κ1) is 19.7. The number of carbonyl (C=O) groups excluding carboxylic acids is 1. The van der Waals surface area contributed by atoms with Gasteiger partial charge < -0.3 is 15.5 Å². The van der Waals surface area contributed by atoms with Crippen LogP contribution in [0.15, 0.2) is 33.9 Å². The van der Waals surface area contributed by atoms with Crippen molar-refractivity contribution >= 4 is 23.1 Å². The van der Waals surface area contributed by atoms with Crippen LogP contribution >= 0.6 is 0 Å². The van der Waals surface area contributed by atoms with Crippen LogP contribution in [0.2, 0.25) is 0 Å². The molecular weight excluding hydrogens is 358 g/mol. The molecule has 150 valence electrons. The summed E-state index contributed by atoms with van der Waals surface area (Å²) in [5, 5.41) is 0. The van der Waals surface area contributed by atoms with Crippen LogP contribution in [0.3, 0.4) is 0 Å². The summed E-state index contributed by atoms with van der Waals surface area (Å²) in [6, 6.07) is 7.88. The fourth-order valence-corrected chi connectivity index (χ4v) is 3.79. The Labute approximate surface area is 163 Å². The van der Waals surface area contributed by atoms with Gasteiger partial charge >= 0.3 is 5.69 Å². The minimum atomic E-state index is -0.583. The molecule has 2 heterocycles. The van der Waals surface area contributed by atoms with Crippen molar-refractivity contribution in [2.75, 3.05) is 29.1 Å². The summed E-state index contributed by atoms with van der Waals surface area (Å²) in [5.41, 5.74) is 7.21. The van der Waals surface area contributed by atoms with Gasteiger partial charge in [-0.2, -0.15) is 0 Å². The van der Waals surface area contributed by atoms with Crippen molar-refractivity contribution < 1.29 is 4.79 Å². The molecule has 0 aliphatic carbocycles. The van der Waals surface area contributed by atoms with Gasteiger partial charge in [0.2, 0.25) is 5.91 Å². The largest absolute Gasteiger partial charge is 0.383 e. The van der Waals surface area contributed by atoms with Crippen molar-refractivity contribution in [2.24, 2.45) is 0 Å². The van der Waals surface area contributed by atoms with Crippen LogP contribution in [0.1, 0.15) is 32.3 Å². The Morgan fingerprint density at radius 2 is 2.04 bits per heavy atom. The number of nitrogens with one attached hydrogen (secondary N) is 1. The highest BCUT2D eigenvalue weighted by Gasteiger charge is 2.31. The Bertz CT molecular complexity index is 994. The number of anilines is 3. The number of hydrogen-bond donors (Lipinski definition) is 2. The van der Waals surface area contributed by atoms with Crippen LogP contribution in [0.4, 0.5) is 17.2 Å². The summed E-state index contributed by atoms with van der Waals surface area (Å²) in [5.74, 6) is -0.0302. The maximum absolute atomic E-state index is 13.0. The number of likely N-dealkylation sites (N-methyl/N-ethyl adjacent to an activating group) is 1. The van der Waals surface area contributed by atoms with Gasteiger partial charge in [-0.15, -0.1) is 0 Å². The van der Waals surface area contributed by atoms with Gasteiger partial charge in [0.25, 0.3) is 5.56 Å². The quantitative estimate of drug-likeness (QED) is 0.781. The zero-order valence-electron chi connectivity index (χ0n) is 16.6. The molecule has 1 aromatic heterocycles. The van der Waals surface area contributed by atoms with Gasteiger partial charge in [-0.1, -0.05) is 31.5 Å². The molecule has 0 saturated heterocycles. The first-order chi connectivity index (χ1) is 13.3. The Kier molecular flexibility index (Phi) is 5.58. The van der Waals surface area contributed by atoms with Crippen LogP contribution in [-0.4, -0.2) is 35.1 Å². The van der Waals surface area contributed by atoms with Crippen molar-refractivity contribution in [1.29, 1.82) is 0 Å². The fourth-order valence-electron chi connectivity index (χ4n) is 3.79. The van der Waals surface area contributed by atoms with E-state index in [4.69, 9.17) is 5.73 Å². The lowest BCUT2D eigenvalue weighted by molar-refractivity contribution is -0.117. The van der Waals surface area contributed by atoms with Crippen LogP contribution in [0.5, 0.6) is 0 Å². The number of rotatable bonds is 6. The number of fused-ring (bicyclic) bond motifs is 1. The predicted molar refractivity (Wildman–Crippen MR) is 111 cm³/mol. The monoisotopic (exact) mass is 385 g/mol. The molecular formula is C20H27N5O3. The smallest absolute Gasteiger partial charge is 0.330 e. The number of H-pyrrole nitrogens is 1. The Morgan fingerprint density at radius 3 is 2.75 bits per heavy atom. The van der Waals surface area contributed by atoms with E-state index in [0.717, 1.165) is 30.5 Å². The maximum atomic E-state index is 13.0. The van der Waals surface area contributed by atoms with Crippen LogP contribution in [0.25, 0.3) is 0 Å². The Balaban J connectivity index is 1.87. The number of nitrogens with two attached hydrogens (primary N) is 1. The van der Waals surface area contributed by atoms with Gasteiger partial charge in [0, 0.05) is 25.3 Å². The van der Waals surface area contributed by atoms with E-state index in [2.05, 4.69) is 4.98 Å². The average molecular weight is 385 g/mol. The molecule has 28 heavy (non-hydrogen) atoms. The first-order valence-electron chi connectivity index (χ1n) is 9.58. The molecule has 1 aliphatic rings. The Hall–Kier alpha value is -3.03. The molecule has 1 atom stereocenters. The number of aromatic nitrogens is 2. The number of aromatic amines is 1. The number of benzene rings is 1. The van der Waals surface area contributed by atoms with E-state index >= 15 is 0 Å². The Morgan fingerprint density at radius 1 is 1.32 bits per heavy atom. The van der Waals surface area contributed by atoms with Crippen LogP contribution in [-0.2, 0) is 17.8 Å². The number of carbonyl (C=O) groups is 1. The summed E-state index contributed by atoms with van der Waals surface area (Å²) in [6.07, 6.45) is 2.46. The lowest BCUT2D eigenvalue weighted by atomic mass is 10.1. The molecule has 1 aromatic carbocycles. The lowest BCUT2D eigenvalue weighted by Crippen LogP contribution is -2.44. The zero-order valence-corrected chi connectivity index (χ0v) is 16.6. The highest BCUT2D eigenvalue weighted by atomic mass is 16.2. The number of para-hydroxylation sites is 1. The summed E-state index contributed by atoms with van der Waals surface area (Å²) in [4.78, 5) is 43.1. The number of unbranched alkanes of at least 4 members (excludes halogenated alkanes) is 1. The van der Waals surface area contributed by atoms with Gasteiger partial charge in [0.1, 0.15) is 11.5 Å². The average Bonchev–Trinajstić information content (AvgIpc) is 2.96. The SMILES string of the molecule is CCCCn1c(N)c(N(C)CC(=O)N2c3ccccc3C[C@H]2C)c(=O)[nH]c1=O. The minimum Gasteiger partial charge on any atom is -0.383 e. The molecule has 0 fully saturated rings. The molecule has 3 rings (SSSR count). The predicted octanol–water partition coefficient (Wildman–Crippen LogP) is 1.33. The summed E-state index contributed by atoms with van der Waals surface area (Å²) >= 11 is 0. The fraction of sp³-hybridized carbons (Fsp3) is 0.450. The molecule has 0 unspecified atom stereocenters. The van der Waals surface area contributed by atoms with E-state index < -0.39 is 11.2 Å². The van der Waals surface area contributed by atoms with Gasteiger partial charge in [0.05, 0.1) is 6.54 Å². The van der Waals surface area contributed by atoms with Crippen LogP contribution in [0, 0.1) is 0 Å². The maximum Gasteiger partial charge on any atom is 0.330 e. The number of amides is 1. The van der Waals surface area contributed by atoms with E-state index in [1.165, 1.54) is 9.47 Å². The van der Waals surface area contributed by atoms with Gasteiger partial charge in [-0.05, 0) is 31.4 Å².